The molecule has 8 nitrogen and oxygen atoms in total. The van der Waals surface area contributed by atoms with Crippen LogP contribution in [-0.2, 0) is 0 Å². The van der Waals surface area contributed by atoms with E-state index in [1.165, 1.54) is 10.8 Å². The second kappa shape index (κ2) is 7.06. The van der Waals surface area contributed by atoms with Crippen LogP contribution in [0.3, 0.4) is 0 Å². The molecule has 5 aromatic rings. The summed E-state index contributed by atoms with van der Waals surface area (Å²) in [7, 11) is 0. The lowest BCUT2D eigenvalue weighted by Gasteiger charge is -2.18. The lowest BCUT2D eigenvalue weighted by atomic mass is 10.2. The van der Waals surface area contributed by atoms with E-state index in [-0.39, 0.29) is 5.56 Å². The van der Waals surface area contributed by atoms with Crippen LogP contribution in [0.2, 0.25) is 5.02 Å². The molecule has 0 aliphatic carbocycles. The molecule has 4 heterocycles. The molecular formula is C23H16ClN5O3. The minimum Gasteiger partial charge on any atom is -0.486 e. The molecule has 32 heavy (non-hydrogen) atoms. The molecule has 158 valence electrons. The van der Waals surface area contributed by atoms with Crippen LogP contribution >= 0.6 is 11.6 Å². The molecular weight excluding hydrogens is 430 g/mol. The van der Waals surface area contributed by atoms with E-state index in [9.17, 15) is 4.79 Å². The van der Waals surface area contributed by atoms with Crippen LogP contribution in [0.25, 0.3) is 33.8 Å². The van der Waals surface area contributed by atoms with Crippen molar-refractivity contribution < 1.29 is 9.47 Å². The van der Waals surface area contributed by atoms with Gasteiger partial charge in [-0.1, -0.05) is 17.7 Å². The van der Waals surface area contributed by atoms with Gasteiger partial charge in [0.05, 0.1) is 21.6 Å². The Kier molecular flexibility index (Phi) is 4.16. The monoisotopic (exact) mass is 445 g/mol. The molecule has 9 heteroatoms. The van der Waals surface area contributed by atoms with Gasteiger partial charge in [-0.25, -0.2) is 4.98 Å². The number of pyridine rings is 1. The summed E-state index contributed by atoms with van der Waals surface area (Å²) in [5.74, 6) is 2.23. The molecule has 1 aliphatic heterocycles. The highest BCUT2D eigenvalue weighted by molar-refractivity contribution is 6.32. The lowest BCUT2D eigenvalue weighted by molar-refractivity contribution is 0.171. The van der Waals surface area contributed by atoms with E-state index in [2.05, 4.69) is 15.1 Å². The summed E-state index contributed by atoms with van der Waals surface area (Å²) in [6.07, 6.45) is 3.21. The van der Waals surface area contributed by atoms with Gasteiger partial charge in [-0.3, -0.25) is 9.36 Å². The van der Waals surface area contributed by atoms with Crippen LogP contribution in [-0.4, -0.2) is 37.4 Å². The summed E-state index contributed by atoms with van der Waals surface area (Å²) >= 11 is 6.38. The van der Waals surface area contributed by atoms with Gasteiger partial charge in [-0.2, -0.15) is 9.50 Å². The highest BCUT2D eigenvalue weighted by atomic mass is 35.5. The molecule has 0 saturated heterocycles. The Balaban J connectivity index is 1.50. The standard InChI is InChI=1S/C23H16ClN5O3/c1-13-2-4-18(16(24)10-13)28-7-6-17-15(22(28)30)12-25-23-26-21(27-29(17)23)14-3-5-19-20(11-14)32-9-8-31-19/h2-7,10-12H,8-9H2,1H3. The van der Waals surface area contributed by atoms with Crippen molar-refractivity contribution in [3.63, 3.8) is 0 Å². The Hall–Kier alpha value is -3.91. The number of halogens is 1. The van der Waals surface area contributed by atoms with Gasteiger partial charge >= 0.3 is 0 Å². The van der Waals surface area contributed by atoms with Crippen molar-refractivity contribution in [3.05, 3.63) is 75.8 Å². The first-order chi connectivity index (χ1) is 15.6. The SMILES string of the molecule is Cc1ccc(-n2ccc3c(cnc4nc(-c5ccc6c(c5)OCCO6)nn43)c2=O)c(Cl)c1. The Morgan fingerprint density at radius 1 is 1.03 bits per heavy atom. The number of ether oxygens (including phenoxy) is 2. The number of benzene rings is 2. The minimum absolute atomic E-state index is 0.237. The maximum Gasteiger partial charge on any atom is 0.266 e. The summed E-state index contributed by atoms with van der Waals surface area (Å²) in [4.78, 5) is 22.1. The molecule has 6 rings (SSSR count). The molecule has 0 N–H and O–H groups in total. The highest BCUT2D eigenvalue weighted by Crippen LogP contribution is 2.33. The van der Waals surface area contributed by atoms with Gasteiger partial charge in [0.15, 0.2) is 17.3 Å². The minimum atomic E-state index is -0.237. The molecule has 0 radical (unpaired) electrons. The summed E-state index contributed by atoms with van der Waals surface area (Å²) in [6, 6.07) is 12.9. The Morgan fingerprint density at radius 2 is 1.88 bits per heavy atom. The zero-order chi connectivity index (χ0) is 21.8. The van der Waals surface area contributed by atoms with Crippen LogP contribution in [0.15, 0.2) is 59.7 Å². The van der Waals surface area contributed by atoms with E-state index in [0.29, 0.717) is 57.9 Å². The van der Waals surface area contributed by atoms with Gasteiger partial charge in [0, 0.05) is 18.0 Å². The van der Waals surface area contributed by atoms with E-state index in [4.69, 9.17) is 21.1 Å². The van der Waals surface area contributed by atoms with E-state index in [0.717, 1.165) is 11.1 Å². The number of rotatable bonds is 2. The molecule has 0 amide bonds. The van der Waals surface area contributed by atoms with Gasteiger partial charge in [0.2, 0.25) is 0 Å². The number of hydrogen-bond acceptors (Lipinski definition) is 6. The van der Waals surface area contributed by atoms with Crippen molar-refractivity contribution in [2.45, 2.75) is 6.92 Å². The summed E-state index contributed by atoms with van der Waals surface area (Å²) in [6.45, 7) is 2.97. The third kappa shape index (κ3) is 2.91. The molecule has 0 atom stereocenters. The average Bonchev–Trinajstić information content (AvgIpc) is 3.24. The molecule has 0 spiro atoms. The first-order valence-corrected chi connectivity index (χ1v) is 10.4. The lowest BCUT2D eigenvalue weighted by Crippen LogP contribution is -2.19. The molecule has 3 aromatic heterocycles. The van der Waals surface area contributed by atoms with Crippen molar-refractivity contribution in [1.29, 1.82) is 0 Å². The second-order valence-electron chi connectivity index (χ2n) is 7.51. The highest BCUT2D eigenvalue weighted by Gasteiger charge is 2.17. The van der Waals surface area contributed by atoms with Crippen LogP contribution in [0.1, 0.15) is 5.56 Å². The number of aromatic nitrogens is 5. The number of fused-ring (bicyclic) bond motifs is 4. The Labute approximate surface area is 186 Å². The normalized spacial score (nSPS) is 13.1. The van der Waals surface area contributed by atoms with E-state index in [1.54, 1.807) is 10.7 Å². The predicted molar refractivity (Wildman–Crippen MR) is 120 cm³/mol. The number of hydrogen-bond donors (Lipinski definition) is 0. The van der Waals surface area contributed by atoms with Gasteiger partial charge < -0.3 is 9.47 Å². The fourth-order valence-corrected chi connectivity index (χ4v) is 4.15. The predicted octanol–water partition coefficient (Wildman–Crippen LogP) is 3.83. The van der Waals surface area contributed by atoms with Crippen LogP contribution in [0, 0.1) is 6.92 Å². The number of aryl methyl sites for hydroxylation is 1. The first-order valence-electron chi connectivity index (χ1n) is 10.0. The van der Waals surface area contributed by atoms with Crippen molar-refractivity contribution >= 4 is 28.3 Å². The van der Waals surface area contributed by atoms with E-state index in [1.807, 2.05) is 49.4 Å². The maximum atomic E-state index is 13.2. The fraction of sp³-hybridized carbons (Fsp3) is 0.130. The fourth-order valence-electron chi connectivity index (χ4n) is 3.82. The van der Waals surface area contributed by atoms with Crippen LogP contribution in [0.4, 0.5) is 0 Å². The smallest absolute Gasteiger partial charge is 0.266 e. The Bertz CT molecular complexity index is 1590. The van der Waals surface area contributed by atoms with Crippen molar-refractivity contribution in [3.8, 4) is 28.6 Å². The van der Waals surface area contributed by atoms with Gasteiger partial charge in [-0.05, 0) is 48.9 Å². The molecule has 1 aliphatic rings. The van der Waals surface area contributed by atoms with Crippen molar-refractivity contribution in [2.75, 3.05) is 13.2 Å². The molecule has 0 saturated carbocycles. The third-order valence-electron chi connectivity index (χ3n) is 5.40. The summed E-state index contributed by atoms with van der Waals surface area (Å²) < 4.78 is 14.3. The topological polar surface area (TPSA) is 83.5 Å². The zero-order valence-corrected chi connectivity index (χ0v) is 17.7. The largest absolute Gasteiger partial charge is 0.486 e. The quantitative estimate of drug-likeness (QED) is 0.410. The molecule has 2 aromatic carbocycles. The van der Waals surface area contributed by atoms with Crippen molar-refractivity contribution in [2.24, 2.45) is 0 Å². The Morgan fingerprint density at radius 3 is 2.72 bits per heavy atom. The maximum absolute atomic E-state index is 13.2. The number of nitrogens with zero attached hydrogens (tertiary/aromatic N) is 5. The second-order valence-corrected chi connectivity index (χ2v) is 7.92. The average molecular weight is 446 g/mol. The zero-order valence-electron chi connectivity index (χ0n) is 16.9. The third-order valence-corrected chi connectivity index (χ3v) is 5.70. The first kappa shape index (κ1) is 18.8. The van der Waals surface area contributed by atoms with Gasteiger partial charge in [0.1, 0.15) is 13.2 Å². The summed E-state index contributed by atoms with van der Waals surface area (Å²) in [5.41, 5.74) is 2.77. The van der Waals surface area contributed by atoms with Crippen molar-refractivity contribution in [1.82, 2.24) is 24.1 Å². The molecule has 0 fully saturated rings. The summed E-state index contributed by atoms with van der Waals surface area (Å²) in [5, 5.41) is 5.52. The van der Waals surface area contributed by atoms with Gasteiger partial charge in [0.25, 0.3) is 11.3 Å². The van der Waals surface area contributed by atoms with E-state index < -0.39 is 0 Å². The van der Waals surface area contributed by atoms with Gasteiger partial charge in [-0.15, -0.1) is 5.10 Å². The molecule has 0 unspecified atom stereocenters. The van der Waals surface area contributed by atoms with Crippen LogP contribution in [0.5, 0.6) is 11.5 Å². The van der Waals surface area contributed by atoms with Crippen LogP contribution < -0.4 is 15.0 Å². The molecule has 0 bridgehead atoms. The van der Waals surface area contributed by atoms with E-state index >= 15 is 0 Å².